The second-order valence-electron chi connectivity index (χ2n) is 6.45. The van der Waals surface area contributed by atoms with Crippen molar-refractivity contribution in [2.75, 3.05) is 0 Å². The average Bonchev–Trinajstić information content (AvgIpc) is 2.98. The zero-order valence-corrected chi connectivity index (χ0v) is 14.6. The minimum atomic E-state index is 1.18. The van der Waals surface area contributed by atoms with Crippen LogP contribution in [0.4, 0.5) is 0 Å². The summed E-state index contributed by atoms with van der Waals surface area (Å²) in [5.74, 6) is 0. The highest BCUT2D eigenvalue weighted by Gasteiger charge is 2.09. The maximum absolute atomic E-state index is 3.55. The summed E-state index contributed by atoms with van der Waals surface area (Å²) in [6.45, 7) is 4.37. The standard InChI is InChI=1S/C24H21N/c1-17(16-24-18(2)21-13-8-9-15-23(21)25-24)20-12-6-7-14-22(20)19-10-4-3-5-11-19/h3-16,25H,1-2H3/b17-16+. The Hall–Kier alpha value is -3.06. The number of allylic oxidation sites excluding steroid dienone is 1. The van der Waals surface area contributed by atoms with Crippen LogP contribution in [-0.2, 0) is 0 Å². The van der Waals surface area contributed by atoms with E-state index in [4.69, 9.17) is 0 Å². The van der Waals surface area contributed by atoms with Crippen molar-refractivity contribution in [2.45, 2.75) is 13.8 Å². The lowest BCUT2D eigenvalue weighted by molar-refractivity contribution is 1.37. The molecule has 4 rings (SSSR count). The van der Waals surface area contributed by atoms with Crippen LogP contribution in [0.3, 0.4) is 0 Å². The normalized spacial score (nSPS) is 11.8. The zero-order chi connectivity index (χ0) is 17.2. The molecule has 0 bridgehead atoms. The monoisotopic (exact) mass is 323 g/mol. The highest BCUT2D eigenvalue weighted by molar-refractivity contribution is 5.93. The molecule has 0 aliphatic carbocycles. The van der Waals surface area contributed by atoms with Crippen molar-refractivity contribution in [1.82, 2.24) is 4.98 Å². The largest absolute Gasteiger partial charge is 0.355 e. The first-order valence-electron chi connectivity index (χ1n) is 8.64. The molecular weight excluding hydrogens is 302 g/mol. The molecule has 0 radical (unpaired) electrons. The molecule has 0 aliphatic heterocycles. The molecule has 0 atom stereocenters. The third kappa shape index (κ3) is 2.89. The Labute approximate surface area is 148 Å². The fourth-order valence-electron chi connectivity index (χ4n) is 3.44. The van der Waals surface area contributed by atoms with E-state index in [2.05, 4.69) is 104 Å². The molecule has 0 aliphatic rings. The summed E-state index contributed by atoms with van der Waals surface area (Å²) in [6.07, 6.45) is 2.26. The molecule has 1 nitrogen and oxygen atoms in total. The highest BCUT2D eigenvalue weighted by Crippen LogP contribution is 2.31. The van der Waals surface area contributed by atoms with Gasteiger partial charge in [0.25, 0.3) is 0 Å². The Bertz CT molecular complexity index is 1050. The van der Waals surface area contributed by atoms with E-state index in [1.807, 2.05) is 0 Å². The van der Waals surface area contributed by atoms with E-state index < -0.39 is 0 Å². The van der Waals surface area contributed by atoms with Crippen LogP contribution in [0.15, 0.2) is 78.9 Å². The van der Waals surface area contributed by atoms with Crippen LogP contribution in [-0.4, -0.2) is 4.98 Å². The van der Waals surface area contributed by atoms with Gasteiger partial charge in [0.15, 0.2) is 0 Å². The van der Waals surface area contributed by atoms with Crippen molar-refractivity contribution in [1.29, 1.82) is 0 Å². The van der Waals surface area contributed by atoms with Crippen LogP contribution in [0.25, 0.3) is 33.7 Å². The van der Waals surface area contributed by atoms with Crippen LogP contribution in [0.5, 0.6) is 0 Å². The number of para-hydroxylation sites is 1. The molecule has 0 saturated heterocycles. The van der Waals surface area contributed by atoms with Crippen molar-refractivity contribution in [2.24, 2.45) is 0 Å². The second-order valence-corrected chi connectivity index (χ2v) is 6.45. The molecule has 0 fully saturated rings. The molecular formula is C24H21N. The molecule has 4 aromatic rings. The maximum atomic E-state index is 3.55. The Balaban J connectivity index is 1.82. The maximum Gasteiger partial charge on any atom is 0.0461 e. The van der Waals surface area contributed by atoms with Gasteiger partial charge in [-0.2, -0.15) is 0 Å². The first kappa shape index (κ1) is 15.5. The summed E-state index contributed by atoms with van der Waals surface area (Å²) >= 11 is 0. The number of nitrogens with one attached hydrogen (secondary N) is 1. The molecule has 1 heteroatoms. The molecule has 0 amide bonds. The van der Waals surface area contributed by atoms with Gasteiger partial charge in [0.05, 0.1) is 0 Å². The number of fused-ring (bicyclic) bond motifs is 1. The SMILES string of the molecule is C/C(=C\c1[nH]c2ccccc2c1C)c1ccccc1-c1ccccc1. The predicted octanol–water partition coefficient (Wildman–Crippen LogP) is 6.70. The van der Waals surface area contributed by atoms with Crippen LogP contribution in [0.2, 0.25) is 0 Å². The number of benzene rings is 3. The highest BCUT2D eigenvalue weighted by atomic mass is 14.7. The predicted molar refractivity (Wildman–Crippen MR) is 108 cm³/mol. The Morgan fingerprint density at radius 2 is 1.48 bits per heavy atom. The lowest BCUT2D eigenvalue weighted by atomic mass is 9.94. The van der Waals surface area contributed by atoms with Gasteiger partial charge in [0, 0.05) is 16.6 Å². The quantitative estimate of drug-likeness (QED) is 0.431. The summed E-state index contributed by atoms with van der Waals surface area (Å²) in [6, 6.07) is 27.6. The van der Waals surface area contributed by atoms with E-state index in [0.29, 0.717) is 0 Å². The van der Waals surface area contributed by atoms with E-state index in [1.165, 1.54) is 44.4 Å². The molecule has 0 spiro atoms. The summed E-state index contributed by atoms with van der Waals surface area (Å²) in [7, 11) is 0. The molecule has 1 heterocycles. The summed E-state index contributed by atoms with van der Waals surface area (Å²) in [5, 5.41) is 1.29. The average molecular weight is 323 g/mol. The number of aryl methyl sites for hydroxylation is 1. The minimum Gasteiger partial charge on any atom is -0.355 e. The third-order valence-corrected chi connectivity index (χ3v) is 4.80. The van der Waals surface area contributed by atoms with Gasteiger partial charge >= 0.3 is 0 Å². The number of rotatable bonds is 3. The second kappa shape index (κ2) is 6.45. The Morgan fingerprint density at radius 1 is 0.800 bits per heavy atom. The van der Waals surface area contributed by atoms with Crippen molar-refractivity contribution < 1.29 is 0 Å². The van der Waals surface area contributed by atoms with Crippen molar-refractivity contribution in [3.8, 4) is 11.1 Å². The van der Waals surface area contributed by atoms with Gasteiger partial charge in [-0.05, 0) is 53.8 Å². The molecule has 1 N–H and O–H groups in total. The first-order chi connectivity index (χ1) is 12.2. The van der Waals surface area contributed by atoms with Crippen LogP contribution in [0, 0.1) is 6.92 Å². The lowest BCUT2D eigenvalue weighted by Gasteiger charge is -2.10. The van der Waals surface area contributed by atoms with Crippen LogP contribution < -0.4 is 0 Å². The van der Waals surface area contributed by atoms with Crippen molar-refractivity contribution in [3.05, 3.63) is 95.7 Å². The number of aromatic amines is 1. The molecule has 0 saturated carbocycles. The number of aromatic nitrogens is 1. The summed E-state index contributed by atoms with van der Waals surface area (Å²) < 4.78 is 0. The zero-order valence-electron chi connectivity index (χ0n) is 14.6. The first-order valence-corrected chi connectivity index (χ1v) is 8.64. The van der Waals surface area contributed by atoms with Gasteiger partial charge in [-0.1, -0.05) is 72.8 Å². The number of hydrogen-bond donors (Lipinski definition) is 1. The minimum absolute atomic E-state index is 1.18. The van der Waals surface area contributed by atoms with Gasteiger partial charge in [-0.3, -0.25) is 0 Å². The smallest absolute Gasteiger partial charge is 0.0461 e. The van der Waals surface area contributed by atoms with Gasteiger partial charge < -0.3 is 4.98 Å². The van der Waals surface area contributed by atoms with E-state index in [0.717, 1.165) is 0 Å². The van der Waals surface area contributed by atoms with E-state index in [1.54, 1.807) is 0 Å². The van der Waals surface area contributed by atoms with Gasteiger partial charge in [0.2, 0.25) is 0 Å². The van der Waals surface area contributed by atoms with E-state index >= 15 is 0 Å². The van der Waals surface area contributed by atoms with Crippen molar-refractivity contribution >= 4 is 22.6 Å². The van der Waals surface area contributed by atoms with Gasteiger partial charge in [0.1, 0.15) is 0 Å². The lowest BCUT2D eigenvalue weighted by Crippen LogP contribution is -1.87. The number of H-pyrrole nitrogens is 1. The van der Waals surface area contributed by atoms with E-state index in [-0.39, 0.29) is 0 Å². The molecule has 122 valence electrons. The molecule has 3 aromatic carbocycles. The van der Waals surface area contributed by atoms with Crippen LogP contribution >= 0.6 is 0 Å². The fraction of sp³-hybridized carbons (Fsp3) is 0.0833. The van der Waals surface area contributed by atoms with Crippen LogP contribution in [0.1, 0.15) is 23.7 Å². The summed E-state index contributed by atoms with van der Waals surface area (Å²) in [4.78, 5) is 3.55. The molecule has 0 unspecified atom stereocenters. The summed E-state index contributed by atoms with van der Waals surface area (Å²) in [5.41, 5.74) is 8.72. The third-order valence-electron chi connectivity index (χ3n) is 4.80. The molecule has 1 aromatic heterocycles. The molecule has 25 heavy (non-hydrogen) atoms. The number of hydrogen-bond acceptors (Lipinski definition) is 0. The topological polar surface area (TPSA) is 15.8 Å². The van der Waals surface area contributed by atoms with Crippen molar-refractivity contribution in [3.63, 3.8) is 0 Å². The van der Waals surface area contributed by atoms with Gasteiger partial charge in [-0.15, -0.1) is 0 Å². The van der Waals surface area contributed by atoms with Gasteiger partial charge in [-0.25, -0.2) is 0 Å². The fourth-order valence-corrected chi connectivity index (χ4v) is 3.44. The van der Waals surface area contributed by atoms with E-state index in [9.17, 15) is 0 Å². The Morgan fingerprint density at radius 3 is 2.28 bits per heavy atom. The Kier molecular flexibility index (Phi) is 3.99.